The summed E-state index contributed by atoms with van der Waals surface area (Å²) in [5.74, 6) is 0.947. The van der Waals surface area contributed by atoms with Gasteiger partial charge in [-0.15, -0.1) is 0 Å². The molecule has 2 unspecified atom stereocenters. The number of rotatable bonds is 5. The highest BCUT2D eigenvalue weighted by Gasteiger charge is 2.19. The highest BCUT2D eigenvalue weighted by molar-refractivity contribution is 4.75. The van der Waals surface area contributed by atoms with E-state index in [1.165, 1.54) is 58.3 Å². The van der Waals surface area contributed by atoms with Gasteiger partial charge >= 0.3 is 0 Å². The van der Waals surface area contributed by atoms with E-state index in [0.29, 0.717) is 6.10 Å². The van der Waals surface area contributed by atoms with E-state index in [4.69, 9.17) is 4.74 Å². The van der Waals surface area contributed by atoms with Crippen molar-refractivity contribution in [3.8, 4) is 0 Å². The lowest BCUT2D eigenvalue weighted by Gasteiger charge is -2.32. The van der Waals surface area contributed by atoms with Crippen LogP contribution in [0.15, 0.2) is 0 Å². The second-order valence-corrected chi connectivity index (χ2v) is 5.30. The van der Waals surface area contributed by atoms with Crippen LogP contribution in [0.25, 0.3) is 0 Å². The van der Waals surface area contributed by atoms with Gasteiger partial charge < -0.3 is 15.0 Å². The van der Waals surface area contributed by atoms with Gasteiger partial charge in [-0.2, -0.15) is 0 Å². The number of hydrogen-bond donors (Lipinski definition) is 1. The summed E-state index contributed by atoms with van der Waals surface area (Å²) in [4.78, 5) is 2.58. The molecule has 0 aromatic carbocycles. The van der Waals surface area contributed by atoms with Crippen molar-refractivity contribution in [3.63, 3.8) is 0 Å². The van der Waals surface area contributed by atoms with Crippen LogP contribution in [0.2, 0.25) is 0 Å². The lowest BCUT2D eigenvalue weighted by Crippen LogP contribution is -2.39. The highest BCUT2D eigenvalue weighted by Crippen LogP contribution is 2.17. The standard InChI is InChI=1S/C13H26N2O/c1-16-13-5-3-9-15(11-13)8-2-4-12-6-7-14-10-12/h12-14H,2-11H2,1H3. The topological polar surface area (TPSA) is 24.5 Å². The smallest absolute Gasteiger partial charge is 0.0698 e. The van der Waals surface area contributed by atoms with Gasteiger partial charge in [-0.3, -0.25) is 0 Å². The summed E-state index contributed by atoms with van der Waals surface area (Å²) in [6, 6.07) is 0. The molecule has 94 valence electrons. The van der Waals surface area contributed by atoms with Crippen LogP contribution in [0.4, 0.5) is 0 Å². The molecule has 0 bridgehead atoms. The zero-order chi connectivity index (χ0) is 11.2. The Bertz CT molecular complexity index is 192. The first-order valence-electron chi connectivity index (χ1n) is 6.84. The molecule has 2 atom stereocenters. The molecule has 0 aromatic heterocycles. The van der Waals surface area contributed by atoms with Crippen LogP contribution in [-0.4, -0.2) is 50.8 Å². The first-order valence-corrected chi connectivity index (χ1v) is 6.84. The molecular weight excluding hydrogens is 200 g/mol. The molecule has 3 heteroatoms. The van der Waals surface area contributed by atoms with Crippen LogP contribution in [0, 0.1) is 5.92 Å². The predicted octanol–water partition coefficient (Wildman–Crippen LogP) is 1.49. The largest absolute Gasteiger partial charge is 0.380 e. The third-order valence-electron chi connectivity index (χ3n) is 4.04. The van der Waals surface area contributed by atoms with Crippen LogP contribution < -0.4 is 5.32 Å². The molecule has 2 aliphatic rings. The van der Waals surface area contributed by atoms with Crippen molar-refractivity contribution in [2.45, 2.75) is 38.2 Å². The Labute approximate surface area is 99.5 Å². The molecule has 0 saturated carbocycles. The van der Waals surface area contributed by atoms with Crippen molar-refractivity contribution in [3.05, 3.63) is 0 Å². The van der Waals surface area contributed by atoms with Gasteiger partial charge in [-0.25, -0.2) is 0 Å². The SMILES string of the molecule is COC1CCCN(CCCC2CCNC2)C1. The molecule has 0 aliphatic carbocycles. The molecule has 0 aromatic rings. The first kappa shape index (κ1) is 12.3. The number of ether oxygens (including phenoxy) is 1. The molecule has 16 heavy (non-hydrogen) atoms. The van der Waals surface area contributed by atoms with Crippen molar-refractivity contribution in [2.75, 3.05) is 39.8 Å². The van der Waals surface area contributed by atoms with Crippen molar-refractivity contribution in [1.82, 2.24) is 10.2 Å². The van der Waals surface area contributed by atoms with Gasteiger partial charge in [0, 0.05) is 13.7 Å². The van der Waals surface area contributed by atoms with E-state index in [1.54, 1.807) is 0 Å². The molecule has 3 nitrogen and oxygen atoms in total. The maximum atomic E-state index is 5.45. The van der Waals surface area contributed by atoms with Gasteiger partial charge in [0.2, 0.25) is 0 Å². The van der Waals surface area contributed by atoms with Crippen molar-refractivity contribution in [2.24, 2.45) is 5.92 Å². The van der Waals surface area contributed by atoms with Gasteiger partial charge in [0.05, 0.1) is 6.10 Å². The second-order valence-electron chi connectivity index (χ2n) is 5.30. The van der Waals surface area contributed by atoms with Gasteiger partial charge in [-0.05, 0) is 64.2 Å². The van der Waals surface area contributed by atoms with Gasteiger partial charge in [0.1, 0.15) is 0 Å². The average Bonchev–Trinajstić information content (AvgIpc) is 2.82. The normalized spacial score (nSPS) is 32.1. The molecular formula is C13H26N2O. The second kappa shape index (κ2) is 6.58. The molecule has 0 spiro atoms. The highest BCUT2D eigenvalue weighted by atomic mass is 16.5. The average molecular weight is 226 g/mol. The Hall–Kier alpha value is -0.120. The number of likely N-dealkylation sites (tertiary alicyclic amines) is 1. The van der Waals surface area contributed by atoms with E-state index in [0.717, 1.165) is 12.5 Å². The van der Waals surface area contributed by atoms with Gasteiger partial charge in [0.25, 0.3) is 0 Å². The fraction of sp³-hybridized carbons (Fsp3) is 1.00. The number of piperidine rings is 1. The molecule has 2 aliphatic heterocycles. The van der Waals surface area contributed by atoms with E-state index < -0.39 is 0 Å². The Morgan fingerprint density at radius 2 is 2.31 bits per heavy atom. The minimum absolute atomic E-state index is 0.488. The zero-order valence-electron chi connectivity index (χ0n) is 10.6. The summed E-state index contributed by atoms with van der Waals surface area (Å²) in [5, 5.41) is 3.44. The van der Waals surface area contributed by atoms with E-state index in [1.807, 2.05) is 7.11 Å². The van der Waals surface area contributed by atoms with Crippen LogP contribution >= 0.6 is 0 Å². The van der Waals surface area contributed by atoms with Crippen LogP contribution in [0.5, 0.6) is 0 Å². The van der Waals surface area contributed by atoms with Crippen molar-refractivity contribution in [1.29, 1.82) is 0 Å². The fourth-order valence-corrected chi connectivity index (χ4v) is 2.97. The fourth-order valence-electron chi connectivity index (χ4n) is 2.97. The molecule has 1 N–H and O–H groups in total. The maximum absolute atomic E-state index is 5.45. The third-order valence-corrected chi connectivity index (χ3v) is 4.04. The lowest BCUT2D eigenvalue weighted by molar-refractivity contribution is 0.0306. The molecule has 0 radical (unpaired) electrons. The van der Waals surface area contributed by atoms with E-state index in [-0.39, 0.29) is 0 Å². The molecule has 2 saturated heterocycles. The summed E-state index contributed by atoms with van der Waals surface area (Å²) >= 11 is 0. The molecule has 2 fully saturated rings. The quantitative estimate of drug-likeness (QED) is 0.768. The third kappa shape index (κ3) is 3.72. The summed E-state index contributed by atoms with van der Waals surface area (Å²) in [7, 11) is 1.85. The number of nitrogens with zero attached hydrogens (tertiary/aromatic N) is 1. The van der Waals surface area contributed by atoms with Crippen molar-refractivity contribution < 1.29 is 4.74 Å². The first-order chi connectivity index (χ1) is 7.88. The van der Waals surface area contributed by atoms with Crippen LogP contribution in [0.1, 0.15) is 32.1 Å². The monoisotopic (exact) mass is 226 g/mol. The molecule has 0 amide bonds. The summed E-state index contributed by atoms with van der Waals surface area (Å²) in [6.07, 6.45) is 7.20. The van der Waals surface area contributed by atoms with Gasteiger partial charge in [0.15, 0.2) is 0 Å². The van der Waals surface area contributed by atoms with E-state index in [9.17, 15) is 0 Å². The van der Waals surface area contributed by atoms with E-state index >= 15 is 0 Å². The minimum atomic E-state index is 0.488. The Morgan fingerprint density at radius 3 is 3.06 bits per heavy atom. The summed E-state index contributed by atoms with van der Waals surface area (Å²) in [5.41, 5.74) is 0. The number of methoxy groups -OCH3 is 1. The zero-order valence-corrected chi connectivity index (χ0v) is 10.6. The van der Waals surface area contributed by atoms with Crippen LogP contribution in [0.3, 0.4) is 0 Å². The lowest BCUT2D eigenvalue weighted by atomic mass is 10.0. The predicted molar refractivity (Wildman–Crippen MR) is 66.7 cm³/mol. The Morgan fingerprint density at radius 1 is 1.38 bits per heavy atom. The minimum Gasteiger partial charge on any atom is -0.380 e. The molecule has 2 heterocycles. The number of hydrogen-bond acceptors (Lipinski definition) is 3. The molecule has 2 rings (SSSR count). The van der Waals surface area contributed by atoms with Crippen LogP contribution in [-0.2, 0) is 4.74 Å². The Kier molecular flexibility index (Phi) is 5.07. The van der Waals surface area contributed by atoms with Gasteiger partial charge in [-0.1, -0.05) is 0 Å². The van der Waals surface area contributed by atoms with Crippen molar-refractivity contribution >= 4 is 0 Å². The summed E-state index contributed by atoms with van der Waals surface area (Å²) < 4.78 is 5.45. The number of nitrogens with one attached hydrogen (secondary N) is 1. The van der Waals surface area contributed by atoms with E-state index in [2.05, 4.69) is 10.2 Å². The Balaban J connectivity index is 1.58. The summed E-state index contributed by atoms with van der Waals surface area (Å²) in [6.45, 7) is 6.19. The maximum Gasteiger partial charge on any atom is 0.0698 e.